The summed E-state index contributed by atoms with van der Waals surface area (Å²) in [6.45, 7) is 3.01. The first kappa shape index (κ1) is 21.4. The summed E-state index contributed by atoms with van der Waals surface area (Å²) in [4.78, 5) is 25.6. The Bertz CT molecular complexity index is 736. The maximum absolute atomic E-state index is 13.1. The molecule has 1 N–H and O–H groups in total. The van der Waals surface area contributed by atoms with E-state index in [4.69, 9.17) is 5.11 Å². The lowest BCUT2D eigenvalue weighted by Gasteiger charge is -2.34. The average molecular weight is 397 g/mol. The zero-order valence-corrected chi connectivity index (χ0v) is 16.5. The first-order valence-corrected chi connectivity index (χ1v) is 11.0. The van der Waals surface area contributed by atoms with Crippen LogP contribution in [0.4, 0.5) is 0 Å². The fourth-order valence-electron chi connectivity index (χ4n) is 3.33. The number of carboxylic acids is 1. The molecule has 0 aliphatic carbocycles. The molecule has 0 spiro atoms. The quantitative estimate of drug-likeness (QED) is 0.688. The fourth-order valence-corrected chi connectivity index (χ4v) is 4.51. The van der Waals surface area contributed by atoms with Gasteiger partial charge in [-0.05, 0) is 31.7 Å². The largest absolute Gasteiger partial charge is 0.481 e. The van der Waals surface area contributed by atoms with Crippen LogP contribution >= 0.6 is 0 Å². The van der Waals surface area contributed by atoms with E-state index in [2.05, 4.69) is 0 Å². The van der Waals surface area contributed by atoms with E-state index in [0.717, 1.165) is 5.56 Å². The second-order valence-corrected chi connectivity index (χ2v) is 9.10. The highest BCUT2D eigenvalue weighted by atomic mass is 32.2. The number of piperidine rings is 1. The van der Waals surface area contributed by atoms with E-state index < -0.39 is 16.0 Å². The Labute approximate surface area is 161 Å². The average Bonchev–Trinajstić information content (AvgIpc) is 2.67. The van der Waals surface area contributed by atoms with Gasteiger partial charge in [-0.2, -0.15) is 0 Å². The van der Waals surface area contributed by atoms with Gasteiger partial charge in [-0.1, -0.05) is 30.3 Å². The van der Waals surface area contributed by atoms with Crippen LogP contribution in [0.3, 0.4) is 0 Å². The second kappa shape index (κ2) is 9.85. The van der Waals surface area contributed by atoms with E-state index in [0.29, 0.717) is 38.9 Å². The third-order valence-corrected chi connectivity index (χ3v) is 6.69. The second-order valence-electron chi connectivity index (χ2n) is 6.84. The predicted molar refractivity (Wildman–Crippen MR) is 102 cm³/mol. The summed E-state index contributed by atoms with van der Waals surface area (Å²) < 4.78 is 25.7. The molecule has 1 aliphatic rings. The molecule has 0 bridgehead atoms. The van der Waals surface area contributed by atoms with E-state index >= 15 is 0 Å². The number of benzene rings is 1. The molecule has 1 saturated heterocycles. The third-order valence-electron chi connectivity index (χ3n) is 4.84. The Morgan fingerprint density at radius 1 is 1.26 bits per heavy atom. The SMILES string of the molecule is CCS(=O)(=O)N1CCCC(C(=O)N(CCCC(=O)O)Cc2ccccc2)C1. The minimum absolute atomic E-state index is 0.000421. The number of carbonyl (C=O) groups excluding carboxylic acids is 1. The van der Waals surface area contributed by atoms with E-state index in [-0.39, 0.29) is 30.5 Å². The molecule has 0 radical (unpaired) electrons. The molecular weight excluding hydrogens is 368 g/mol. The third kappa shape index (κ3) is 6.32. The first-order valence-electron chi connectivity index (χ1n) is 9.36. The Morgan fingerprint density at radius 3 is 2.59 bits per heavy atom. The van der Waals surface area contributed by atoms with Gasteiger partial charge in [0, 0.05) is 32.6 Å². The Morgan fingerprint density at radius 2 is 1.96 bits per heavy atom. The van der Waals surface area contributed by atoms with Gasteiger partial charge in [0.05, 0.1) is 11.7 Å². The number of hydrogen-bond acceptors (Lipinski definition) is 4. The molecule has 0 saturated carbocycles. The molecule has 8 heteroatoms. The summed E-state index contributed by atoms with van der Waals surface area (Å²) in [5, 5.41) is 8.88. The molecule has 1 fully saturated rings. The minimum atomic E-state index is -3.32. The Balaban J connectivity index is 2.10. The van der Waals surface area contributed by atoms with Gasteiger partial charge in [0.25, 0.3) is 0 Å². The van der Waals surface area contributed by atoms with Crippen LogP contribution in [0.1, 0.15) is 38.2 Å². The van der Waals surface area contributed by atoms with Crippen molar-refractivity contribution in [2.75, 3.05) is 25.4 Å². The molecule has 1 aromatic carbocycles. The Kier molecular flexibility index (Phi) is 7.79. The smallest absolute Gasteiger partial charge is 0.303 e. The highest BCUT2D eigenvalue weighted by molar-refractivity contribution is 7.89. The fraction of sp³-hybridized carbons (Fsp3) is 0.579. The van der Waals surface area contributed by atoms with Crippen LogP contribution in [-0.2, 0) is 26.2 Å². The van der Waals surface area contributed by atoms with Gasteiger partial charge in [-0.25, -0.2) is 12.7 Å². The summed E-state index contributed by atoms with van der Waals surface area (Å²) in [7, 11) is -3.32. The maximum Gasteiger partial charge on any atom is 0.303 e. The summed E-state index contributed by atoms with van der Waals surface area (Å²) >= 11 is 0. The number of nitrogens with zero attached hydrogens (tertiary/aromatic N) is 2. The maximum atomic E-state index is 13.1. The molecule has 1 atom stereocenters. The van der Waals surface area contributed by atoms with Crippen molar-refractivity contribution in [3.05, 3.63) is 35.9 Å². The lowest BCUT2D eigenvalue weighted by molar-refractivity contribution is -0.140. The number of hydrogen-bond donors (Lipinski definition) is 1. The highest BCUT2D eigenvalue weighted by Gasteiger charge is 2.33. The van der Waals surface area contributed by atoms with Crippen molar-refractivity contribution in [2.45, 2.75) is 39.2 Å². The van der Waals surface area contributed by atoms with Gasteiger partial charge in [0.2, 0.25) is 15.9 Å². The summed E-state index contributed by atoms with van der Waals surface area (Å²) in [6.07, 6.45) is 1.68. The molecule has 0 aromatic heterocycles. The number of carboxylic acid groups (broad SMARTS) is 1. The summed E-state index contributed by atoms with van der Waals surface area (Å²) in [6, 6.07) is 9.53. The van der Waals surface area contributed by atoms with Crippen LogP contribution in [-0.4, -0.2) is 60.0 Å². The zero-order chi connectivity index (χ0) is 19.9. The van der Waals surface area contributed by atoms with Crippen LogP contribution in [0.5, 0.6) is 0 Å². The molecule has 1 amide bonds. The van der Waals surface area contributed by atoms with E-state index in [1.807, 2.05) is 30.3 Å². The number of rotatable bonds is 9. The Hall–Kier alpha value is -1.93. The number of aliphatic carboxylic acids is 1. The molecule has 2 rings (SSSR count). The lowest BCUT2D eigenvalue weighted by Crippen LogP contribution is -2.47. The molecule has 7 nitrogen and oxygen atoms in total. The summed E-state index contributed by atoms with van der Waals surface area (Å²) in [5.41, 5.74) is 0.968. The molecular formula is C19H28N2O5S. The topological polar surface area (TPSA) is 95.0 Å². The van der Waals surface area contributed by atoms with Crippen LogP contribution in [0, 0.1) is 5.92 Å². The van der Waals surface area contributed by atoms with Gasteiger partial charge < -0.3 is 10.0 Å². The first-order chi connectivity index (χ1) is 12.8. The minimum Gasteiger partial charge on any atom is -0.481 e. The van der Waals surface area contributed by atoms with Crippen LogP contribution in [0.25, 0.3) is 0 Å². The normalized spacial score (nSPS) is 18.2. The van der Waals surface area contributed by atoms with Gasteiger partial charge in [0.1, 0.15) is 0 Å². The standard InChI is InChI=1S/C19H28N2O5S/c1-2-27(25,26)21-13-6-10-17(15-21)19(24)20(12-7-11-18(22)23)14-16-8-4-3-5-9-16/h3-5,8-9,17H,2,6-7,10-15H2,1H3,(H,22,23). The molecule has 1 unspecified atom stereocenters. The van der Waals surface area contributed by atoms with E-state index in [1.54, 1.807) is 11.8 Å². The number of sulfonamides is 1. The van der Waals surface area contributed by atoms with Gasteiger partial charge >= 0.3 is 5.97 Å². The number of amides is 1. The molecule has 1 aliphatic heterocycles. The monoisotopic (exact) mass is 396 g/mol. The van der Waals surface area contributed by atoms with E-state index in [1.165, 1.54) is 4.31 Å². The van der Waals surface area contributed by atoms with Crippen molar-refractivity contribution in [1.82, 2.24) is 9.21 Å². The van der Waals surface area contributed by atoms with Gasteiger partial charge in [-0.15, -0.1) is 0 Å². The van der Waals surface area contributed by atoms with Crippen molar-refractivity contribution in [2.24, 2.45) is 5.92 Å². The van der Waals surface area contributed by atoms with Crippen LogP contribution in [0.2, 0.25) is 0 Å². The summed E-state index contributed by atoms with van der Waals surface area (Å²) in [5.74, 6) is -1.34. The zero-order valence-electron chi connectivity index (χ0n) is 15.7. The van der Waals surface area contributed by atoms with E-state index in [9.17, 15) is 18.0 Å². The molecule has 1 aromatic rings. The van der Waals surface area contributed by atoms with Crippen LogP contribution < -0.4 is 0 Å². The van der Waals surface area contributed by atoms with Gasteiger partial charge in [0.15, 0.2) is 0 Å². The van der Waals surface area contributed by atoms with Crippen molar-refractivity contribution in [3.63, 3.8) is 0 Å². The lowest BCUT2D eigenvalue weighted by atomic mass is 9.97. The van der Waals surface area contributed by atoms with Crippen molar-refractivity contribution < 1.29 is 23.1 Å². The van der Waals surface area contributed by atoms with Crippen molar-refractivity contribution in [3.8, 4) is 0 Å². The van der Waals surface area contributed by atoms with Gasteiger partial charge in [-0.3, -0.25) is 9.59 Å². The van der Waals surface area contributed by atoms with Crippen molar-refractivity contribution in [1.29, 1.82) is 0 Å². The van der Waals surface area contributed by atoms with Crippen LogP contribution in [0.15, 0.2) is 30.3 Å². The highest BCUT2D eigenvalue weighted by Crippen LogP contribution is 2.22. The number of carbonyl (C=O) groups is 2. The molecule has 1 heterocycles. The van der Waals surface area contributed by atoms with Crippen molar-refractivity contribution >= 4 is 21.9 Å². The predicted octanol–water partition coefficient (Wildman–Crippen LogP) is 1.94. The molecule has 27 heavy (non-hydrogen) atoms. The molecule has 150 valence electrons.